The van der Waals surface area contributed by atoms with Crippen molar-refractivity contribution < 1.29 is 24.2 Å². The number of para-hydroxylation sites is 1. The molecule has 0 aliphatic heterocycles. The first kappa shape index (κ1) is 16.4. The van der Waals surface area contributed by atoms with Gasteiger partial charge < -0.3 is 26.2 Å². The second-order valence-corrected chi connectivity index (χ2v) is 4.25. The number of primary amides is 1. The number of carboxylic acids is 1. The fourth-order valence-electron chi connectivity index (χ4n) is 1.64. The molecule has 8 nitrogen and oxygen atoms in total. The van der Waals surface area contributed by atoms with Crippen molar-refractivity contribution >= 4 is 23.6 Å². The molecule has 0 bridgehead atoms. The molecule has 0 heterocycles. The number of amides is 3. The number of nitrogens with one attached hydrogen (secondary N) is 2. The number of rotatable bonds is 7. The number of urea groups is 1. The predicted molar refractivity (Wildman–Crippen MR) is 74.5 cm³/mol. The number of anilines is 1. The van der Waals surface area contributed by atoms with Gasteiger partial charge in [-0.1, -0.05) is 18.2 Å². The summed E-state index contributed by atoms with van der Waals surface area (Å²) in [6.07, 6.45) is -0.484. The number of nitrogens with two attached hydrogens (primary N) is 1. The summed E-state index contributed by atoms with van der Waals surface area (Å²) in [5.41, 5.74) is 6.15. The standard InChI is InChI=1S/C13H17N3O5/c1-21-7-8-4-2-3-5-9(8)15-13(20)16-10(12(18)19)6-11(14)17/h2-5,10H,6-7H2,1H3,(H2,14,17)(H,18,19)(H2,15,16,20). The zero-order valence-corrected chi connectivity index (χ0v) is 11.5. The van der Waals surface area contributed by atoms with E-state index in [1.54, 1.807) is 24.3 Å². The van der Waals surface area contributed by atoms with Crippen molar-refractivity contribution in [3.8, 4) is 0 Å². The number of hydrogen-bond acceptors (Lipinski definition) is 4. The van der Waals surface area contributed by atoms with E-state index in [1.807, 2.05) is 0 Å². The highest BCUT2D eigenvalue weighted by Crippen LogP contribution is 2.15. The maximum absolute atomic E-state index is 11.8. The van der Waals surface area contributed by atoms with E-state index in [0.717, 1.165) is 5.56 Å². The lowest BCUT2D eigenvalue weighted by Crippen LogP contribution is -2.45. The average molecular weight is 295 g/mol. The van der Waals surface area contributed by atoms with E-state index in [-0.39, 0.29) is 0 Å². The number of carboxylic acid groups (broad SMARTS) is 1. The van der Waals surface area contributed by atoms with Crippen LogP contribution < -0.4 is 16.4 Å². The molecule has 0 aliphatic carbocycles. The monoisotopic (exact) mass is 295 g/mol. The van der Waals surface area contributed by atoms with Gasteiger partial charge in [-0.15, -0.1) is 0 Å². The van der Waals surface area contributed by atoms with Gasteiger partial charge in [0.15, 0.2) is 0 Å². The average Bonchev–Trinajstić information content (AvgIpc) is 2.40. The highest BCUT2D eigenvalue weighted by atomic mass is 16.5. The van der Waals surface area contributed by atoms with Crippen molar-refractivity contribution in [3.63, 3.8) is 0 Å². The minimum Gasteiger partial charge on any atom is -0.480 e. The summed E-state index contributed by atoms with van der Waals surface area (Å²) in [6.45, 7) is 0.292. The molecule has 1 rings (SSSR count). The topological polar surface area (TPSA) is 131 Å². The van der Waals surface area contributed by atoms with Gasteiger partial charge in [-0.25, -0.2) is 9.59 Å². The fraction of sp³-hybridized carbons (Fsp3) is 0.308. The largest absolute Gasteiger partial charge is 0.480 e. The Morgan fingerprint density at radius 3 is 2.57 bits per heavy atom. The summed E-state index contributed by atoms with van der Waals surface area (Å²) in [5.74, 6) is -2.16. The van der Waals surface area contributed by atoms with Crippen LogP contribution in [0.4, 0.5) is 10.5 Å². The van der Waals surface area contributed by atoms with Crippen LogP contribution in [-0.2, 0) is 20.9 Å². The van der Waals surface area contributed by atoms with Crippen LogP contribution in [0.25, 0.3) is 0 Å². The Balaban J connectivity index is 2.72. The van der Waals surface area contributed by atoms with Crippen LogP contribution in [0.2, 0.25) is 0 Å². The van der Waals surface area contributed by atoms with Gasteiger partial charge in [-0.05, 0) is 6.07 Å². The summed E-state index contributed by atoms with van der Waals surface area (Å²) in [5, 5.41) is 13.6. The molecule has 0 spiro atoms. The zero-order chi connectivity index (χ0) is 15.8. The SMILES string of the molecule is COCc1ccccc1NC(=O)NC(CC(N)=O)C(=O)O. The van der Waals surface area contributed by atoms with Crippen molar-refractivity contribution in [2.24, 2.45) is 5.73 Å². The van der Waals surface area contributed by atoms with Gasteiger partial charge in [-0.2, -0.15) is 0 Å². The minimum absolute atomic E-state index is 0.292. The van der Waals surface area contributed by atoms with Gasteiger partial charge in [0.25, 0.3) is 0 Å². The number of ether oxygens (including phenoxy) is 1. The van der Waals surface area contributed by atoms with E-state index in [1.165, 1.54) is 7.11 Å². The molecule has 0 saturated carbocycles. The first-order valence-electron chi connectivity index (χ1n) is 6.09. The summed E-state index contributed by atoms with van der Waals surface area (Å²) in [6, 6.07) is 4.79. The second-order valence-electron chi connectivity index (χ2n) is 4.25. The normalized spacial score (nSPS) is 11.5. The number of hydrogen-bond donors (Lipinski definition) is 4. The summed E-state index contributed by atoms with van der Waals surface area (Å²) < 4.78 is 5.00. The molecular formula is C13H17N3O5. The van der Waals surface area contributed by atoms with Crippen molar-refractivity contribution in [2.75, 3.05) is 12.4 Å². The molecule has 5 N–H and O–H groups in total. The highest BCUT2D eigenvalue weighted by molar-refractivity contribution is 5.94. The third-order valence-electron chi connectivity index (χ3n) is 2.57. The number of aliphatic carboxylic acids is 1. The van der Waals surface area contributed by atoms with Gasteiger partial charge in [-0.3, -0.25) is 4.79 Å². The number of benzene rings is 1. The molecule has 1 aromatic carbocycles. The van der Waals surface area contributed by atoms with Crippen LogP contribution in [0.3, 0.4) is 0 Å². The zero-order valence-electron chi connectivity index (χ0n) is 11.5. The van der Waals surface area contributed by atoms with Gasteiger partial charge in [0.2, 0.25) is 5.91 Å². The summed E-state index contributed by atoms with van der Waals surface area (Å²) in [4.78, 5) is 33.5. The lowest BCUT2D eigenvalue weighted by molar-refractivity contribution is -0.140. The van der Waals surface area contributed by atoms with Crippen molar-refractivity contribution in [3.05, 3.63) is 29.8 Å². The van der Waals surface area contributed by atoms with Gasteiger partial charge in [0.05, 0.1) is 13.0 Å². The van der Waals surface area contributed by atoms with Gasteiger partial charge in [0, 0.05) is 18.4 Å². The molecular weight excluding hydrogens is 278 g/mol. The molecule has 1 aromatic rings. The van der Waals surface area contributed by atoms with Crippen molar-refractivity contribution in [1.29, 1.82) is 0 Å². The minimum atomic E-state index is -1.38. The number of methoxy groups -OCH3 is 1. The quantitative estimate of drug-likeness (QED) is 0.574. The van der Waals surface area contributed by atoms with Crippen LogP contribution in [0.15, 0.2) is 24.3 Å². The Labute approximate surface area is 121 Å². The summed E-state index contributed by atoms with van der Waals surface area (Å²) >= 11 is 0. The maximum Gasteiger partial charge on any atom is 0.326 e. The molecule has 21 heavy (non-hydrogen) atoms. The molecule has 114 valence electrons. The molecule has 1 unspecified atom stereocenters. The lowest BCUT2D eigenvalue weighted by Gasteiger charge is -2.15. The van der Waals surface area contributed by atoms with Crippen LogP contribution >= 0.6 is 0 Å². The Morgan fingerprint density at radius 2 is 2.00 bits per heavy atom. The van der Waals surface area contributed by atoms with Crippen molar-refractivity contribution in [1.82, 2.24) is 5.32 Å². The highest BCUT2D eigenvalue weighted by Gasteiger charge is 2.22. The molecule has 0 saturated heterocycles. The van der Waals surface area contributed by atoms with E-state index in [4.69, 9.17) is 15.6 Å². The van der Waals surface area contributed by atoms with Crippen LogP contribution in [-0.4, -0.2) is 36.2 Å². The first-order valence-corrected chi connectivity index (χ1v) is 6.09. The Hall–Kier alpha value is -2.61. The van der Waals surface area contributed by atoms with Crippen LogP contribution in [0.5, 0.6) is 0 Å². The lowest BCUT2D eigenvalue weighted by atomic mass is 10.2. The molecule has 0 radical (unpaired) electrons. The molecule has 0 aromatic heterocycles. The first-order chi connectivity index (χ1) is 9.93. The van der Waals surface area contributed by atoms with Crippen molar-refractivity contribution in [2.45, 2.75) is 19.1 Å². The van der Waals surface area contributed by atoms with E-state index in [0.29, 0.717) is 12.3 Å². The maximum atomic E-state index is 11.8. The van der Waals surface area contributed by atoms with E-state index >= 15 is 0 Å². The molecule has 0 aliphatic rings. The molecule has 3 amide bonds. The fourth-order valence-corrected chi connectivity index (χ4v) is 1.64. The smallest absolute Gasteiger partial charge is 0.326 e. The van der Waals surface area contributed by atoms with Crippen LogP contribution in [0.1, 0.15) is 12.0 Å². The second kappa shape index (κ2) is 7.85. The molecule has 0 fully saturated rings. The van der Waals surface area contributed by atoms with Gasteiger partial charge >= 0.3 is 12.0 Å². The van der Waals surface area contributed by atoms with Crippen LogP contribution in [0, 0.1) is 0 Å². The van der Waals surface area contributed by atoms with E-state index in [2.05, 4.69) is 10.6 Å². The van der Waals surface area contributed by atoms with Gasteiger partial charge in [0.1, 0.15) is 6.04 Å². The van der Waals surface area contributed by atoms with E-state index < -0.39 is 30.4 Å². The third-order valence-corrected chi connectivity index (χ3v) is 2.57. The Kier molecular flexibility index (Phi) is 6.15. The predicted octanol–water partition coefficient (Wildman–Crippen LogP) is 0.283. The summed E-state index contributed by atoms with van der Waals surface area (Å²) in [7, 11) is 1.52. The molecule has 8 heteroatoms. The molecule has 1 atom stereocenters. The number of carbonyl (C=O) groups is 3. The van der Waals surface area contributed by atoms with E-state index in [9.17, 15) is 14.4 Å². The Bertz CT molecular complexity index is 532. The number of carbonyl (C=O) groups excluding carboxylic acids is 2. The third kappa shape index (κ3) is 5.49. The Morgan fingerprint density at radius 1 is 1.33 bits per heavy atom.